The van der Waals surface area contributed by atoms with E-state index in [1.807, 2.05) is 54.6 Å². The van der Waals surface area contributed by atoms with Crippen molar-refractivity contribution in [3.05, 3.63) is 60.2 Å². The van der Waals surface area contributed by atoms with Gasteiger partial charge < -0.3 is 20.1 Å². The average Bonchev–Trinajstić information content (AvgIpc) is 2.61. The van der Waals surface area contributed by atoms with Gasteiger partial charge in [-0.05, 0) is 17.7 Å². The summed E-state index contributed by atoms with van der Waals surface area (Å²) in [5.41, 5.74) is 6.82. The Labute approximate surface area is 148 Å². The van der Waals surface area contributed by atoms with Gasteiger partial charge in [0.25, 0.3) is 0 Å². The zero-order valence-electron chi connectivity index (χ0n) is 13.8. The van der Waals surface area contributed by atoms with Gasteiger partial charge in [-0.15, -0.1) is 12.4 Å². The standard InChI is InChI=1S/C18H22N2O3.ClH/c1-20(18(21)17(19)14-8-4-3-5-9-14)12-13-23-16-11-7-6-10-15(16)22-2;/h3-11,17H,12-13,19H2,1-2H3;1H. The summed E-state index contributed by atoms with van der Waals surface area (Å²) >= 11 is 0. The third kappa shape index (κ3) is 5.15. The lowest BCUT2D eigenvalue weighted by Gasteiger charge is -2.22. The summed E-state index contributed by atoms with van der Waals surface area (Å²) in [5.74, 6) is 1.19. The highest BCUT2D eigenvalue weighted by molar-refractivity contribution is 5.85. The van der Waals surface area contributed by atoms with Gasteiger partial charge >= 0.3 is 0 Å². The average molecular weight is 351 g/mol. The van der Waals surface area contributed by atoms with Crippen LogP contribution in [0.5, 0.6) is 11.5 Å². The van der Waals surface area contributed by atoms with Crippen molar-refractivity contribution in [2.24, 2.45) is 5.73 Å². The van der Waals surface area contributed by atoms with Crippen LogP contribution in [0, 0.1) is 0 Å². The molecule has 130 valence electrons. The molecule has 1 unspecified atom stereocenters. The lowest BCUT2D eigenvalue weighted by atomic mass is 10.1. The van der Waals surface area contributed by atoms with E-state index in [0.29, 0.717) is 24.7 Å². The second kappa shape index (κ2) is 9.80. The number of carbonyl (C=O) groups excluding carboxylic acids is 1. The molecule has 1 amide bonds. The lowest BCUT2D eigenvalue weighted by molar-refractivity contribution is -0.131. The molecule has 0 radical (unpaired) electrons. The molecular weight excluding hydrogens is 328 g/mol. The molecule has 2 N–H and O–H groups in total. The summed E-state index contributed by atoms with van der Waals surface area (Å²) < 4.78 is 10.9. The van der Waals surface area contributed by atoms with Crippen LogP contribution in [0.25, 0.3) is 0 Å². The van der Waals surface area contributed by atoms with Crippen LogP contribution in [-0.2, 0) is 4.79 Å². The van der Waals surface area contributed by atoms with Crippen molar-refractivity contribution in [2.45, 2.75) is 6.04 Å². The molecule has 2 rings (SSSR count). The Kier molecular flexibility index (Phi) is 8.09. The van der Waals surface area contributed by atoms with Crippen LogP contribution >= 0.6 is 12.4 Å². The molecule has 0 bridgehead atoms. The van der Waals surface area contributed by atoms with E-state index >= 15 is 0 Å². The van der Waals surface area contributed by atoms with Gasteiger partial charge in [-0.2, -0.15) is 0 Å². The predicted octanol–water partition coefficient (Wildman–Crippen LogP) is 2.65. The molecule has 2 aromatic carbocycles. The lowest BCUT2D eigenvalue weighted by Crippen LogP contribution is -2.38. The molecule has 0 aliphatic rings. The van der Waals surface area contributed by atoms with Crippen LogP contribution in [-0.4, -0.2) is 38.1 Å². The van der Waals surface area contributed by atoms with Gasteiger partial charge in [0.05, 0.1) is 13.7 Å². The SMILES string of the molecule is COc1ccccc1OCCN(C)C(=O)C(N)c1ccccc1.Cl. The highest BCUT2D eigenvalue weighted by atomic mass is 35.5. The number of amides is 1. The van der Waals surface area contributed by atoms with Gasteiger partial charge in [0.2, 0.25) is 5.91 Å². The molecule has 0 aromatic heterocycles. The van der Waals surface area contributed by atoms with E-state index < -0.39 is 6.04 Å². The van der Waals surface area contributed by atoms with E-state index in [1.165, 1.54) is 0 Å². The summed E-state index contributed by atoms with van der Waals surface area (Å²) in [6, 6.07) is 16.1. The van der Waals surface area contributed by atoms with Crippen molar-refractivity contribution >= 4 is 18.3 Å². The van der Waals surface area contributed by atoms with Gasteiger partial charge in [0.1, 0.15) is 12.6 Å². The van der Waals surface area contributed by atoms with E-state index in [-0.39, 0.29) is 18.3 Å². The first kappa shape index (κ1) is 19.8. The Bertz CT molecular complexity index is 637. The molecular formula is C18H23ClN2O3. The predicted molar refractivity (Wildman–Crippen MR) is 96.7 cm³/mol. The van der Waals surface area contributed by atoms with Crippen molar-refractivity contribution in [1.29, 1.82) is 0 Å². The molecule has 0 aliphatic heterocycles. The number of rotatable bonds is 7. The fourth-order valence-electron chi connectivity index (χ4n) is 2.18. The first-order chi connectivity index (χ1) is 11.1. The molecule has 0 aliphatic carbocycles. The zero-order valence-corrected chi connectivity index (χ0v) is 14.7. The first-order valence-corrected chi connectivity index (χ1v) is 7.45. The first-order valence-electron chi connectivity index (χ1n) is 7.45. The Morgan fingerprint density at radius 3 is 2.29 bits per heavy atom. The topological polar surface area (TPSA) is 64.8 Å². The zero-order chi connectivity index (χ0) is 16.7. The fourth-order valence-corrected chi connectivity index (χ4v) is 2.18. The maximum atomic E-state index is 12.3. The van der Waals surface area contributed by atoms with Gasteiger partial charge in [-0.3, -0.25) is 4.79 Å². The van der Waals surface area contributed by atoms with Gasteiger partial charge in [-0.1, -0.05) is 42.5 Å². The molecule has 0 saturated heterocycles. The van der Waals surface area contributed by atoms with Gasteiger partial charge in [-0.25, -0.2) is 0 Å². The molecule has 0 fully saturated rings. The van der Waals surface area contributed by atoms with E-state index in [9.17, 15) is 4.79 Å². The molecule has 5 nitrogen and oxygen atoms in total. The monoisotopic (exact) mass is 350 g/mol. The normalized spacial score (nSPS) is 11.1. The number of hydrogen-bond donors (Lipinski definition) is 1. The van der Waals surface area contributed by atoms with Crippen molar-refractivity contribution in [2.75, 3.05) is 27.3 Å². The molecule has 2 aromatic rings. The van der Waals surface area contributed by atoms with Crippen LogP contribution in [0.1, 0.15) is 11.6 Å². The number of benzene rings is 2. The van der Waals surface area contributed by atoms with Gasteiger partial charge in [0, 0.05) is 7.05 Å². The number of carbonyl (C=O) groups is 1. The van der Waals surface area contributed by atoms with E-state index in [0.717, 1.165) is 5.56 Å². The Balaban J connectivity index is 0.00000288. The maximum absolute atomic E-state index is 12.3. The van der Waals surface area contributed by atoms with Crippen molar-refractivity contribution < 1.29 is 14.3 Å². The van der Waals surface area contributed by atoms with Crippen molar-refractivity contribution in [3.8, 4) is 11.5 Å². The van der Waals surface area contributed by atoms with Crippen LogP contribution in [0.2, 0.25) is 0 Å². The molecule has 24 heavy (non-hydrogen) atoms. The Hall–Kier alpha value is -2.24. The summed E-state index contributed by atoms with van der Waals surface area (Å²) in [6.45, 7) is 0.807. The Morgan fingerprint density at radius 2 is 1.67 bits per heavy atom. The molecule has 0 saturated carbocycles. The van der Waals surface area contributed by atoms with Crippen LogP contribution in [0.15, 0.2) is 54.6 Å². The highest BCUT2D eigenvalue weighted by Gasteiger charge is 2.19. The largest absolute Gasteiger partial charge is 0.493 e. The summed E-state index contributed by atoms with van der Waals surface area (Å²) in [4.78, 5) is 13.9. The minimum absolute atomic E-state index is 0. The number of ether oxygens (including phenoxy) is 2. The molecule has 0 spiro atoms. The smallest absolute Gasteiger partial charge is 0.243 e. The van der Waals surface area contributed by atoms with Crippen LogP contribution in [0.4, 0.5) is 0 Å². The third-order valence-corrected chi connectivity index (χ3v) is 3.55. The number of para-hydroxylation sites is 2. The summed E-state index contributed by atoms with van der Waals surface area (Å²) in [7, 11) is 3.31. The fraction of sp³-hybridized carbons (Fsp3) is 0.278. The van der Waals surface area contributed by atoms with E-state index in [2.05, 4.69) is 0 Å². The molecule has 6 heteroatoms. The number of methoxy groups -OCH3 is 1. The van der Waals surface area contributed by atoms with Gasteiger partial charge in [0.15, 0.2) is 11.5 Å². The maximum Gasteiger partial charge on any atom is 0.243 e. The number of hydrogen-bond acceptors (Lipinski definition) is 4. The number of halogens is 1. The van der Waals surface area contributed by atoms with E-state index in [1.54, 1.807) is 19.1 Å². The second-order valence-corrected chi connectivity index (χ2v) is 5.15. The number of likely N-dealkylation sites (N-methyl/N-ethyl adjacent to an activating group) is 1. The Morgan fingerprint density at radius 1 is 1.08 bits per heavy atom. The summed E-state index contributed by atoms with van der Waals surface area (Å²) in [6.07, 6.45) is 0. The summed E-state index contributed by atoms with van der Waals surface area (Å²) in [5, 5.41) is 0. The minimum atomic E-state index is -0.660. The number of nitrogens with zero attached hydrogens (tertiary/aromatic N) is 1. The third-order valence-electron chi connectivity index (χ3n) is 3.55. The molecule has 1 atom stereocenters. The van der Waals surface area contributed by atoms with E-state index in [4.69, 9.17) is 15.2 Å². The molecule has 0 heterocycles. The van der Waals surface area contributed by atoms with Crippen LogP contribution < -0.4 is 15.2 Å². The van der Waals surface area contributed by atoms with Crippen LogP contribution in [0.3, 0.4) is 0 Å². The number of nitrogens with two attached hydrogens (primary N) is 1. The van der Waals surface area contributed by atoms with Crippen molar-refractivity contribution in [1.82, 2.24) is 4.90 Å². The van der Waals surface area contributed by atoms with Crippen molar-refractivity contribution in [3.63, 3.8) is 0 Å². The quantitative estimate of drug-likeness (QED) is 0.833. The second-order valence-electron chi connectivity index (χ2n) is 5.15. The minimum Gasteiger partial charge on any atom is -0.493 e. The highest BCUT2D eigenvalue weighted by Crippen LogP contribution is 2.25.